The lowest BCUT2D eigenvalue weighted by Crippen LogP contribution is -2.39. The van der Waals surface area contributed by atoms with Gasteiger partial charge in [0, 0.05) is 6.20 Å². The number of nitrogens with zero attached hydrogens (tertiary/aromatic N) is 1. The van der Waals surface area contributed by atoms with E-state index in [1.165, 1.54) is 4.98 Å². The Morgan fingerprint density at radius 1 is 1.38 bits per heavy atom. The number of H-pyrrole nitrogens is 1. The van der Waals surface area contributed by atoms with Crippen LogP contribution in [-0.2, 0) is 10.9 Å². The molecule has 2 rings (SSSR count). The zero-order valence-electron chi connectivity index (χ0n) is 10.1. The van der Waals surface area contributed by atoms with Gasteiger partial charge in [0.25, 0.3) is 5.56 Å². The van der Waals surface area contributed by atoms with Crippen molar-refractivity contribution in [3.63, 3.8) is 0 Å². The maximum Gasteiger partial charge on any atom is 0.423 e. The standard InChI is InChI=1S/C10H9F3N2O6/c11-10(12,13)3-1-15(9(20)14-7(3)19)8-6(18)5(17)4(2-16)21-8/h1,6,8,16-18H,2H2,(H,14,19,20)/t6?,8-/m1/s1. The van der Waals surface area contributed by atoms with E-state index in [2.05, 4.69) is 0 Å². The maximum absolute atomic E-state index is 12.6. The number of hydrogen-bond donors (Lipinski definition) is 4. The van der Waals surface area contributed by atoms with E-state index in [1.54, 1.807) is 0 Å². The molecule has 2 heterocycles. The Morgan fingerprint density at radius 3 is 2.48 bits per heavy atom. The molecule has 4 N–H and O–H groups in total. The molecule has 0 aromatic carbocycles. The number of halogens is 3. The van der Waals surface area contributed by atoms with Crippen LogP contribution in [0.5, 0.6) is 0 Å². The van der Waals surface area contributed by atoms with Crippen LogP contribution in [0.15, 0.2) is 27.3 Å². The summed E-state index contributed by atoms with van der Waals surface area (Å²) in [6.07, 6.45) is -8.46. The Labute approximate surface area is 113 Å². The predicted octanol–water partition coefficient (Wildman–Crippen LogP) is -0.793. The predicted molar refractivity (Wildman–Crippen MR) is 59.2 cm³/mol. The molecule has 0 saturated carbocycles. The Hall–Kier alpha value is -2.27. The fraction of sp³-hybridized carbons (Fsp3) is 0.400. The second-order valence-electron chi connectivity index (χ2n) is 4.13. The minimum Gasteiger partial charge on any atom is -0.506 e. The lowest BCUT2D eigenvalue weighted by molar-refractivity contribution is -0.139. The molecule has 0 spiro atoms. The molecule has 116 valence electrons. The average molecular weight is 310 g/mol. The van der Waals surface area contributed by atoms with E-state index in [9.17, 15) is 33.0 Å². The average Bonchev–Trinajstić information content (AvgIpc) is 2.65. The van der Waals surface area contributed by atoms with E-state index in [0.717, 1.165) is 0 Å². The summed E-state index contributed by atoms with van der Waals surface area (Å²) >= 11 is 0. The van der Waals surface area contributed by atoms with Crippen LogP contribution in [0, 0.1) is 0 Å². The van der Waals surface area contributed by atoms with Crippen LogP contribution in [-0.4, -0.2) is 37.6 Å². The molecule has 2 atom stereocenters. The largest absolute Gasteiger partial charge is 0.506 e. The van der Waals surface area contributed by atoms with Crippen molar-refractivity contribution in [1.82, 2.24) is 9.55 Å². The molecule has 1 aliphatic rings. The molecule has 0 radical (unpaired) electrons. The summed E-state index contributed by atoms with van der Waals surface area (Å²) in [6, 6.07) is 0. The van der Waals surface area contributed by atoms with Gasteiger partial charge in [-0.3, -0.25) is 14.3 Å². The number of aliphatic hydroxyl groups excluding tert-OH is 3. The van der Waals surface area contributed by atoms with Gasteiger partial charge in [0.2, 0.25) is 6.23 Å². The molecule has 0 aliphatic carbocycles. The minimum absolute atomic E-state index is 0.169. The number of hydrogen-bond acceptors (Lipinski definition) is 6. The molecule has 1 unspecified atom stereocenters. The zero-order chi connectivity index (χ0) is 15.9. The number of alkyl halides is 3. The van der Waals surface area contributed by atoms with Crippen LogP contribution in [0.4, 0.5) is 13.2 Å². The van der Waals surface area contributed by atoms with Crippen molar-refractivity contribution in [1.29, 1.82) is 0 Å². The van der Waals surface area contributed by atoms with Gasteiger partial charge in [0.05, 0.1) is 0 Å². The third kappa shape index (κ3) is 2.52. The highest BCUT2D eigenvalue weighted by Crippen LogP contribution is 2.31. The molecular formula is C10H9F3N2O6. The molecule has 21 heavy (non-hydrogen) atoms. The first-order valence-electron chi connectivity index (χ1n) is 5.47. The first kappa shape index (κ1) is 15.1. The molecule has 0 saturated heterocycles. The third-order valence-corrected chi connectivity index (χ3v) is 2.79. The number of aromatic amines is 1. The van der Waals surface area contributed by atoms with Crippen molar-refractivity contribution in [3.05, 3.63) is 44.1 Å². The lowest BCUT2D eigenvalue weighted by atomic mass is 10.2. The third-order valence-electron chi connectivity index (χ3n) is 2.79. The molecule has 0 fully saturated rings. The van der Waals surface area contributed by atoms with Gasteiger partial charge in [-0.2, -0.15) is 13.2 Å². The summed E-state index contributed by atoms with van der Waals surface area (Å²) in [5.74, 6) is -1.30. The number of ether oxygens (including phenoxy) is 1. The minimum atomic E-state index is -5.03. The highest BCUT2D eigenvalue weighted by Gasteiger charge is 2.40. The topological polar surface area (TPSA) is 125 Å². The van der Waals surface area contributed by atoms with Crippen LogP contribution in [0.1, 0.15) is 11.8 Å². The van der Waals surface area contributed by atoms with Crippen LogP contribution in [0.25, 0.3) is 0 Å². The van der Waals surface area contributed by atoms with Crippen LogP contribution in [0.2, 0.25) is 0 Å². The molecular weight excluding hydrogens is 301 g/mol. The summed E-state index contributed by atoms with van der Waals surface area (Å²) in [6.45, 7) is -0.830. The van der Waals surface area contributed by atoms with E-state index >= 15 is 0 Å². The number of aliphatic hydroxyl groups is 3. The Balaban J connectivity index is 2.52. The van der Waals surface area contributed by atoms with Crippen molar-refractivity contribution >= 4 is 0 Å². The molecule has 0 amide bonds. The van der Waals surface area contributed by atoms with E-state index in [0.29, 0.717) is 0 Å². The molecule has 11 heteroatoms. The normalized spacial score (nSPS) is 22.5. The van der Waals surface area contributed by atoms with Crippen LogP contribution >= 0.6 is 0 Å². The summed E-state index contributed by atoms with van der Waals surface area (Å²) in [5.41, 5.74) is -4.59. The highest BCUT2D eigenvalue weighted by molar-refractivity contribution is 5.15. The van der Waals surface area contributed by atoms with Crippen LogP contribution < -0.4 is 11.2 Å². The maximum atomic E-state index is 12.6. The second kappa shape index (κ2) is 4.93. The smallest absolute Gasteiger partial charge is 0.423 e. The molecule has 1 aliphatic heterocycles. The second-order valence-corrected chi connectivity index (χ2v) is 4.13. The van der Waals surface area contributed by atoms with Gasteiger partial charge in [-0.1, -0.05) is 0 Å². The van der Waals surface area contributed by atoms with Gasteiger partial charge in [-0.25, -0.2) is 4.79 Å². The van der Waals surface area contributed by atoms with Gasteiger partial charge >= 0.3 is 11.9 Å². The van der Waals surface area contributed by atoms with Crippen molar-refractivity contribution < 1.29 is 33.2 Å². The van der Waals surface area contributed by atoms with Gasteiger partial charge in [0.1, 0.15) is 12.2 Å². The van der Waals surface area contributed by atoms with Crippen molar-refractivity contribution in [3.8, 4) is 0 Å². The monoisotopic (exact) mass is 310 g/mol. The van der Waals surface area contributed by atoms with Gasteiger partial charge in [-0.15, -0.1) is 0 Å². The van der Waals surface area contributed by atoms with Crippen molar-refractivity contribution in [2.45, 2.75) is 18.5 Å². The van der Waals surface area contributed by atoms with Crippen LogP contribution in [0.3, 0.4) is 0 Å². The fourth-order valence-electron chi connectivity index (χ4n) is 1.77. The van der Waals surface area contributed by atoms with Gasteiger partial charge < -0.3 is 20.1 Å². The number of nitrogens with one attached hydrogen (secondary N) is 1. The molecule has 1 aromatic heterocycles. The van der Waals surface area contributed by atoms with E-state index < -0.39 is 53.4 Å². The van der Waals surface area contributed by atoms with E-state index in [1.807, 2.05) is 0 Å². The molecule has 8 nitrogen and oxygen atoms in total. The lowest BCUT2D eigenvalue weighted by Gasteiger charge is -2.18. The summed E-state index contributed by atoms with van der Waals surface area (Å²) in [4.78, 5) is 24.1. The van der Waals surface area contributed by atoms with E-state index in [4.69, 9.17) is 9.84 Å². The summed E-state index contributed by atoms with van der Waals surface area (Å²) in [7, 11) is 0. The summed E-state index contributed by atoms with van der Waals surface area (Å²) in [5, 5.41) is 27.9. The zero-order valence-corrected chi connectivity index (χ0v) is 10.1. The highest BCUT2D eigenvalue weighted by atomic mass is 19.4. The van der Waals surface area contributed by atoms with Gasteiger partial charge in [0.15, 0.2) is 17.6 Å². The van der Waals surface area contributed by atoms with Crippen molar-refractivity contribution in [2.75, 3.05) is 6.61 Å². The molecule has 1 aromatic rings. The quantitative estimate of drug-likeness (QED) is 0.567. The Kier molecular flexibility index (Phi) is 3.55. The number of aromatic nitrogens is 2. The number of rotatable bonds is 2. The SMILES string of the molecule is O=c1[nH]c(=O)n([C@@H]2OC(CO)=C(O)C2O)cc1C(F)(F)F. The summed E-state index contributed by atoms with van der Waals surface area (Å²) < 4.78 is 43.0. The Morgan fingerprint density at radius 2 is 2.00 bits per heavy atom. The van der Waals surface area contributed by atoms with Crippen molar-refractivity contribution in [2.24, 2.45) is 0 Å². The van der Waals surface area contributed by atoms with Gasteiger partial charge in [-0.05, 0) is 0 Å². The first-order chi connectivity index (χ1) is 9.66. The first-order valence-corrected chi connectivity index (χ1v) is 5.47. The molecule has 0 bridgehead atoms. The fourth-order valence-corrected chi connectivity index (χ4v) is 1.77. The Bertz CT molecular complexity index is 704. The van der Waals surface area contributed by atoms with E-state index in [-0.39, 0.29) is 10.8 Å².